The third kappa shape index (κ3) is 60.7. The minimum atomic E-state index is -4.94. The van der Waals surface area contributed by atoms with Crippen LogP contribution in [0.15, 0.2) is 0 Å². The Bertz CT molecular complexity index is 1640. The Morgan fingerprint density at radius 3 is 0.694 bits per heavy atom. The number of hydrogen-bond donors (Lipinski definition) is 3. The van der Waals surface area contributed by atoms with Gasteiger partial charge < -0.3 is 33.8 Å². The predicted molar refractivity (Wildman–Crippen MR) is 340 cm³/mol. The van der Waals surface area contributed by atoms with Crippen LogP contribution in [0.25, 0.3) is 0 Å². The first kappa shape index (κ1) is 83.1. The summed E-state index contributed by atoms with van der Waals surface area (Å²) in [6, 6.07) is 0. The summed E-state index contributed by atoms with van der Waals surface area (Å²) in [7, 11) is -9.88. The lowest BCUT2D eigenvalue weighted by atomic mass is 10.0. The van der Waals surface area contributed by atoms with Crippen molar-refractivity contribution < 1.29 is 80.2 Å². The minimum Gasteiger partial charge on any atom is -0.462 e. The number of aliphatic hydroxyl groups excluding tert-OH is 1. The van der Waals surface area contributed by atoms with Gasteiger partial charge in [-0.1, -0.05) is 291 Å². The van der Waals surface area contributed by atoms with Crippen LogP contribution in [0.5, 0.6) is 0 Å². The first-order chi connectivity index (χ1) is 41.2. The summed E-state index contributed by atoms with van der Waals surface area (Å²) < 4.78 is 67.9. The molecule has 0 saturated carbocycles. The maximum atomic E-state index is 13.0. The Morgan fingerprint density at radius 2 is 0.471 bits per heavy atom. The first-order valence-electron chi connectivity index (χ1n) is 34.8. The monoisotopic (exact) mass is 1250 g/mol. The van der Waals surface area contributed by atoms with Gasteiger partial charge in [-0.2, -0.15) is 0 Å². The van der Waals surface area contributed by atoms with Crippen LogP contribution in [0.2, 0.25) is 0 Å². The molecule has 0 aromatic carbocycles. The van der Waals surface area contributed by atoms with E-state index in [0.717, 1.165) is 103 Å². The van der Waals surface area contributed by atoms with E-state index in [1.807, 2.05) is 0 Å². The zero-order chi connectivity index (χ0) is 62.6. The molecular formula is C66H128O17P2. The van der Waals surface area contributed by atoms with Crippen molar-refractivity contribution in [1.82, 2.24) is 0 Å². The fourth-order valence-corrected chi connectivity index (χ4v) is 11.6. The lowest BCUT2D eigenvalue weighted by molar-refractivity contribution is -0.161. The maximum absolute atomic E-state index is 13.0. The van der Waals surface area contributed by atoms with Crippen molar-refractivity contribution in [2.45, 2.75) is 361 Å². The van der Waals surface area contributed by atoms with Crippen molar-refractivity contribution in [2.75, 3.05) is 39.6 Å². The molecule has 0 aromatic heterocycles. The van der Waals surface area contributed by atoms with Crippen molar-refractivity contribution in [3.05, 3.63) is 0 Å². The number of phosphoric ester groups is 2. The molecule has 0 aromatic rings. The number of esters is 4. The van der Waals surface area contributed by atoms with Gasteiger partial charge in [0.2, 0.25) is 0 Å². The summed E-state index contributed by atoms with van der Waals surface area (Å²) in [6.45, 7) is 4.84. The molecule has 0 bridgehead atoms. The summed E-state index contributed by atoms with van der Waals surface area (Å²) in [6.07, 6.45) is 47.5. The van der Waals surface area contributed by atoms with Gasteiger partial charge in [0.1, 0.15) is 19.3 Å². The quantitative estimate of drug-likeness (QED) is 0.0222. The van der Waals surface area contributed by atoms with Crippen molar-refractivity contribution >= 4 is 39.5 Å². The van der Waals surface area contributed by atoms with Gasteiger partial charge in [-0.15, -0.1) is 0 Å². The molecule has 0 saturated heterocycles. The van der Waals surface area contributed by atoms with Crippen LogP contribution in [-0.4, -0.2) is 96.7 Å². The molecule has 5 atom stereocenters. The predicted octanol–water partition coefficient (Wildman–Crippen LogP) is 18.7. The molecule has 17 nitrogen and oxygen atoms in total. The number of carbonyl (C=O) groups is 4. The molecule has 0 fully saturated rings. The number of unbranched alkanes of at least 4 members (excludes halogenated alkanes) is 41. The lowest BCUT2D eigenvalue weighted by Crippen LogP contribution is -2.30. The smallest absolute Gasteiger partial charge is 0.462 e. The maximum Gasteiger partial charge on any atom is 0.472 e. The molecular weight excluding hydrogens is 1130 g/mol. The Balaban J connectivity index is 5.10. The van der Waals surface area contributed by atoms with Gasteiger partial charge in [-0.05, 0) is 25.7 Å². The molecule has 0 aliphatic rings. The van der Waals surface area contributed by atoms with E-state index in [2.05, 4.69) is 27.7 Å². The van der Waals surface area contributed by atoms with Crippen molar-refractivity contribution in [2.24, 2.45) is 0 Å². The molecule has 0 aliphatic heterocycles. The summed E-state index contributed by atoms with van der Waals surface area (Å²) in [5, 5.41) is 10.5. The zero-order valence-corrected chi connectivity index (χ0v) is 56.4. The van der Waals surface area contributed by atoms with Crippen LogP contribution in [0.1, 0.15) is 342 Å². The lowest BCUT2D eigenvalue weighted by Gasteiger charge is -2.21. The van der Waals surface area contributed by atoms with Crippen LogP contribution in [-0.2, 0) is 65.4 Å². The van der Waals surface area contributed by atoms with Crippen molar-refractivity contribution in [1.29, 1.82) is 0 Å². The summed E-state index contributed by atoms with van der Waals surface area (Å²) in [5.74, 6) is -2.14. The van der Waals surface area contributed by atoms with Gasteiger partial charge in [-0.3, -0.25) is 37.3 Å². The van der Waals surface area contributed by atoms with Gasteiger partial charge >= 0.3 is 39.5 Å². The molecule has 19 heteroatoms. The highest BCUT2D eigenvalue weighted by atomic mass is 31.2. The summed E-state index contributed by atoms with van der Waals surface area (Å²) >= 11 is 0. The Morgan fingerprint density at radius 1 is 0.282 bits per heavy atom. The third-order valence-corrected chi connectivity index (χ3v) is 17.3. The van der Waals surface area contributed by atoms with Gasteiger partial charge in [0.25, 0.3) is 0 Å². The molecule has 0 spiro atoms. The van der Waals surface area contributed by atoms with E-state index in [1.54, 1.807) is 0 Å². The van der Waals surface area contributed by atoms with Gasteiger partial charge in [0.15, 0.2) is 12.2 Å². The average molecular weight is 1260 g/mol. The second-order valence-electron chi connectivity index (χ2n) is 23.9. The van der Waals surface area contributed by atoms with Crippen LogP contribution >= 0.6 is 15.6 Å². The Kier molecular flexibility index (Phi) is 59.6. The van der Waals surface area contributed by atoms with E-state index in [9.17, 15) is 43.2 Å². The Hall–Kier alpha value is -1.94. The van der Waals surface area contributed by atoms with Gasteiger partial charge in [0, 0.05) is 25.7 Å². The van der Waals surface area contributed by atoms with Gasteiger partial charge in [-0.25, -0.2) is 9.13 Å². The fraction of sp³-hybridized carbons (Fsp3) is 0.939. The number of hydrogen-bond acceptors (Lipinski definition) is 15. The van der Waals surface area contributed by atoms with Crippen molar-refractivity contribution in [3.8, 4) is 0 Å². The molecule has 0 rings (SSSR count). The van der Waals surface area contributed by atoms with E-state index >= 15 is 0 Å². The highest BCUT2D eigenvalue weighted by molar-refractivity contribution is 7.47. The van der Waals surface area contributed by atoms with Gasteiger partial charge in [0.05, 0.1) is 26.4 Å². The molecule has 0 heterocycles. The number of phosphoric acid groups is 2. The largest absolute Gasteiger partial charge is 0.472 e. The normalized spacial score (nSPS) is 14.1. The highest BCUT2D eigenvalue weighted by Crippen LogP contribution is 2.45. The van der Waals surface area contributed by atoms with Crippen LogP contribution in [0, 0.1) is 0 Å². The second-order valence-corrected chi connectivity index (χ2v) is 26.8. The third-order valence-electron chi connectivity index (χ3n) is 15.4. The second kappa shape index (κ2) is 60.9. The van der Waals surface area contributed by atoms with E-state index in [-0.39, 0.29) is 25.7 Å². The molecule has 0 amide bonds. The molecule has 0 aliphatic carbocycles. The number of ether oxygens (including phenoxy) is 4. The topological polar surface area (TPSA) is 237 Å². The standard InChI is InChI=1S/C66H128O17P2/c1-5-9-13-17-21-25-26-27-28-29-30-31-32-33-34-35-37-41-45-49-53-66(71)83-62(57-77-64(69)51-47-43-40-36-22-18-14-10-6-2)59-81-85(74,75)79-55-60(67)54-78-84(72,73)80-58-61(82-65(70)52-48-44-39-24-20-16-12-8-4)56-76-63(68)50-46-42-38-23-19-15-11-7-3/h60-62,67H,5-59H2,1-4H3,(H,72,73)(H,74,75)/t60-,61+,62+/m0/s1. The first-order valence-corrected chi connectivity index (χ1v) is 37.8. The summed E-state index contributed by atoms with van der Waals surface area (Å²) in [4.78, 5) is 72.1. The fourth-order valence-electron chi connectivity index (χ4n) is 9.99. The van der Waals surface area contributed by atoms with E-state index in [4.69, 9.17) is 37.0 Å². The zero-order valence-electron chi connectivity index (χ0n) is 54.6. The molecule has 0 radical (unpaired) electrons. The highest BCUT2D eigenvalue weighted by Gasteiger charge is 2.30. The number of rotatable bonds is 67. The minimum absolute atomic E-state index is 0.105. The molecule has 2 unspecified atom stereocenters. The van der Waals surface area contributed by atoms with Crippen LogP contribution in [0.4, 0.5) is 0 Å². The number of aliphatic hydroxyl groups is 1. The summed E-state index contributed by atoms with van der Waals surface area (Å²) in [5.41, 5.74) is 0. The van der Waals surface area contributed by atoms with E-state index in [1.165, 1.54) is 161 Å². The average Bonchev–Trinajstić information content (AvgIpc) is 3.63. The van der Waals surface area contributed by atoms with E-state index in [0.29, 0.717) is 25.7 Å². The molecule has 504 valence electrons. The SMILES string of the molecule is CCCCCCCCCCCCCCCCCCCCCCC(=O)O[C@H](COC(=O)CCCCCCCCCCC)COP(=O)(O)OC[C@@H](O)COP(=O)(O)OC[C@@H](COC(=O)CCCCCCCCCC)OC(=O)CCCCCCCCCC. The molecule has 3 N–H and O–H groups in total. The van der Waals surface area contributed by atoms with Crippen molar-refractivity contribution in [3.63, 3.8) is 0 Å². The Labute approximate surface area is 517 Å². The van der Waals surface area contributed by atoms with Crippen LogP contribution in [0.3, 0.4) is 0 Å². The number of carbonyl (C=O) groups excluding carboxylic acids is 4. The molecule has 85 heavy (non-hydrogen) atoms. The van der Waals surface area contributed by atoms with Crippen LogP contribution < -0.4 is 0 Å². The van der Waals surface area contributed by atoms with E-state index < -0.39 is 97.5 Å².